The lowest BCUT2D eigenvalue weighted by Gasteiger charge is -2.12. The average molecular weight is 154 g/mol. The summed E-state index contributed by atoms with van der Waals surface area (Å²) in [7, 11) is 0. The van der Waals surface area contributed by atoms with E-state index >= 15 is 0 Å². The minimum Gasteiger partial charge on any atom is -0.478 e. The van der Waals surface area contributed by atoms with Gasteiger partial charge in [-0.2, -0.15) is 0 Å². The smallest absolute Gasteiger partial charge is 0.170 e. The molecule has 11 heavy (non-hydrogen) atoms. The maximum atomic E-state index is 5.19. The van der Waals surface area contributed by atoms with Gasteiger partial charge in [0.2, 0.25) is 0 Å². The van der Waals surface area contributed by atoms with Crippen LogP contribution in [0.5, 0.6) is 0 Å². The molecule has 0 saturated heterocycles. The first kappa shape index (κ1) is 6.64. The molecule has 2 rings (SSSR count). The van der Waals surface area contributed by atoms with Gasteiger partial charge in [0.05, 0.1) is 13.1 Å². The van der Waals surface area contributed by atoms with Gasteiger partial charge in [-0.3, -0.25) is 9.98 Å². The summed E-state index contributed by atoms with van der Waals surface area (Å²) in [6.45, 7) is 1.53. The Bertz CT molecular complexity index is 155. The van der Waals surface area contributed by atoms with E-state index in [1.807, 2.05) is 0 Å². The molecule has 0 amide bonds. The van der Waals surface area contributed by atoms with Crippen molar-refractivity contribution in [2.24, 2.45) is 9.98 Å². The van der Waals surface area contributed by atoms with Crippen LogP contribution in [0, 0.1) is 0 Å². The van der Waals surface area contributed by atoms with Crippen molar-refractivity contribution in [1.29, 1.82) is 0 Å². The highest BCUT2D eigenvalue weighted by molar-refractivity contribution is 5.50. The highest BCUT2D eigenvalue weighted by Gasteiger charge is 2.21. The fraction of sp³-hybridized carbons (Fsp3) is 0.714. The van der Waals surface area contributed by atoms with Crippen LogP contribution >= 0.6 is 0 Å². The highest BCUT2D eigenvalue weighted by Crippen LogP contribution is 2.11. The topological polar surface area (TPSA) is 43.2 Å². The van der Waals surface area contributed by atoms with E-state index in [1.165, 1.54) is 12.8 Å². The van der Waals surface area contributed by atoms with E-state index in [-0.39, 0.29) is 12.2 Å². The van der Waals surface area contributed by atoms with Gasteiger partial charge >= 0.3 is 0 Å². The second-order valence-electron chi connectivity index (χ2n) is 2.69. The zero-order valence-corrected chi connectivity index (χ0v) is 6.14. The van der Waals surface area contributed by atoms with Gasteiger partial charge < -0.3 is 9.47 Å². The molecule has 60 valence electrons. The zero-order valence-electron chi connectivity index (χ0n) is 6.14. The summed E-state index contributed by atoms with van der Waals surface area (Å²) in [5.41, 5.74) is 0. The molecule has 2 atom stereocenters. The molecule has 0 bridgehead atoms. The third-order valence-electron chi connectivity index (χ3n) is 1.80. The Morgan fingerprint density at radius 2 is 1.64 bits per heavy atom. The number of hydrogen-bond donors (Lipinski definition) is 0. The molecule has 0 radical (unpaired) electrons. The molecule has 0 aromatic carbocycles. The number of rotatable bonds is 2. The van der Waals surface area contributed by atoms with Crippen LogP contribution in [0.3, 0.4) is 0 Å². The predicted octanol–water partition coefficient (Wildman–Crippen LogP) is 0.231. The maximum Gasteiger partial charge on any atom is 0.170 e. The molecule has 4 nitrogen and oxygen atoms in total. The van der Waals surface area contributed by atoms with Crippen LogP contribution in [0.4, 0.5) is 0 Å². The second kappa shape index (κ2) is 2.90. The minimum absolute atomic E-state index is 0.210. The third-order valence-corrected chi connectivity index (χ3v) is 1.80. The lowest BCUT2D eigenvalue weighted by Crippen LogP contribution is -2.21. The molecule has 0 saturated carbocycles. The number of nitrogens with zero attached hydrogens (tertiary/aromatic N) is 2. The quantitative estimate of drug-likeness (QED) is 0.571. The molecule has 0 aromatic rings. The van der Waals surface area contributed by atoms with Crippen LogP contribution in [0.25, 0.3) is 0 Å². The van der Waals surface area contributed by atoms with Crippen molar-refractivity contribution in [3.8, 4) is 0 Å². The first-order valence-electron chi connectivity index (χ1n) is 3.72. The summed E-state index contributed by atoms with van der Waals surface area (Å²) in [6, 6.07) is 0. The molecular weight excluding hydrogens is 144 g/mol. The van der Waals surface area contributed by atoms with Gasteiger partial charge in [0.15, 0.2) is 12.8 Å². The lowest BCUT2D eigenvalue weighted by atomic mass is 10.1. The Morgan fingerprint density at radius 1 is 1.09 bits per heavy atom. The summed E-state index contributed by atoms with van der Waals surface area (Å²) in [5, 5.41) is 0. The van der Waals surface area contributed by atoms with Crippen molar-refractivity contribution in [2.75, 3.05) is 13.1 Å². The molecule has 0 fully saturated rings. The van der Waals surface area contributed by atoms with Crippen LogP contribution < -0.4 is 0 Å². The Kier molecular flexibility index (Phi) is 1.75. The molecule has 0 aromatic heterocycles. The summed E-state index contributed by atoms with van der Waals surface area (Å²) in [6.07, 6.45) is 4.34. The van der Waals surface area contributed by atoms with E-state index in [0.29, 0.717) is 0 Å². The van der Waals surface area contributed by atoms with Crippen LogP contribution in [-0.4, -0.2) is 38.1 Å². The van der Waals surface area contributed by atoms with Gasteiger partial charge in [-0.15, -0.1) is 0 Å². The monoisotopic (exact) mass is 154 g/mol. The van der Waals surface area contributed by atoms with Crippen molar-refractivity contribution in [1.82, 2.24) is 0 Å². The molecule has 4 heteroatoms. The van der Waals surface area contributed by atoms with E-state index in [4.69, 9.17) is 9.47 Å². The first-order valence-corrected chi connectivity index (χ1v) is 3.72. The van der Waals surface area contributed by atoms with Gasteiger partial charge in [0.1, 0.15) is 12.2 Å². The minimum atomic E-state index is 0.210. The van der Waals surface area contributed by atoms with Crippen molar-refractivity contribution in [2.45, 2.75) is 18.6 Å². The van der Waals surface area contributed by atoms with Gasteiger partial charge in [0.25, 0.3) is 0 Å². The maximum absolute atomic E-state index is 5.19. The van der Waals surface area contributed by atoms with E-state index in [9.17, 15) is 0 Å². The van der Waals surface area contributed by atoms with Crippen molar-refractivity contribution in [3.63, 3.8) is 0 Å². The lowest BCUT2D eigenvalue weighted by molar-refractivity contribution is 0.138. The molecule has 2 aliphatic heterocycles. The standard InChI is InChI=1S/C7H10N2O2/c1(6-2-8-4-10-6)7-3-9-5-11-7/h4-7H,1-3H2. The fourth-order valence-electron chi connectivity index (χ4n) is 1.22. The fourth-order valence-corrected chi connectivity index (χ4v) is 1.22. The molecule has 2 unspecified atom stereocenters. The van der Waals surface area contributed by atoms with Crippen LogP contribution in [-0.2, 0) is 9.47 Å². The van der Waals surface area contributed by atoms with E-state index in [0.717, 1.165) is 19.5 Å². The largest absolute Gasteiger partial charge is 0.478 e. The molecule has 0 N–H and O–H groups in total. The van der Waals surface area contributed by atoms with Crippen molar-refractivity contribution in [3.05, 3.63) is 0 Å². The Morgan fingerprint density at radius 3 is 2.00 bits per heavy atom. The predicted molar refractivity (Wildman–Crippen MR) is 41.1 cm³/mol. The van der Waals surface area contributed by atoms with Crippen LogP contribution in [0.15, 0.2) is 9.98 Å². The van der Waals surface area contributed by atoms with Gasteiger partial charge in [-0.25, -0.2) is 0 Å². The second-order valence-corrected chi connectivity index (χ2v) is 2.69. The Labute approximate surface area is 64.9 Å². The molecule has 2 heterocycles. The summed E-state index contributed by atoms with van der Waals surface area (Å²) in [5.74, 6) is 0. The Hall–Kier alpha value is -1.06. The van der Waals surface area contributed by atoms with E-state index in [2.05, 4.69) is 9.98 Å². The summed E-state index contributed by atoms with van der Waals surface area (Å²) >= 11 is 0. The van der Waals surface area contributed by atoms with E-state index < -0.39 is 0 Å². The van der Waals surface area contributed by atoms with E-state index in [1.54, 1.807) is 0 Å². The first-order chi connectivity index (χ1) is 5.45. The highest BCUT2D eigenvalue weighted by atomic mass is 16.5. The number of aliphatic imine (C=N–C) groups is 2. The van der Waals surface area contributed by atoms with Crippen LogP contribution in [0.2, 0.25) is 0 Å². The molecular formula is C7H10N2O2. The number of hydrogen-bond acceptors (Lipinski definition) is 4. The van der Waals surface area contributed by atoms with Gasteiger partial charge in [-0.05, 0) is 0 Å². The Balaban J connectivity index is 1.73. The van der Waals surface area contributed by atoms with Gasteiger partial charge in [0, 0.05) is 6.42 Å². The molecule has 0 aliphatic carbocycles. The van der Waals surface area contributed by atoms with Crippen LogP contribution in [0.1, 0.15) is 6.42 Å². The molecule has 2 aliphatic rings. The third kappa shape index (κ3) is 1.50. The van der Waals surface area contributed by atoms with Crippen molar-refractivity contribution >= 4 is 12.8 Å². The SMILES string of the molecule is C1=NCC(CC2CN=CO2)O1. The average Bonchev–Trinajstić information content (AvgIpc) is 2.60. The summed E-state index contributed by atoms with van der Waals surface area (Å²) < 4.78 is 10.4. The summed E-state index contributed by atoms with van der Waals surface area (Å²) in [4.78, 5) is 7.93. The zero-order chi connectivity index (χ0) is 7.52. The normalized spacial score (nSPS) is 33.8. The van der Waals surface area contributed by atoms with Crippen molar-refractivity contribution < 1.29 is 9.47 Å². The molecule has 0 spiro atoms. The number of ether oxygens (including phenoxy) is 2. The van der Waals surface area contributed by atoms with Gasteiger partial charge in [-0.1, -0.05) is 0 Å².